The average Bonchev–Trinajstić information content (AvgIpc) is 2.36. The van der Waals surface area contributed by atoms with E-state index in [0.29, 0.717) is 11.5 Å². The van der Waals surface area contributed by atoms with E-state index in [0.717, 1.165) is 10.9 Å². The fourth-order valence-electron chi connectivity index (χ4n) is 3.53. The third-order valence-electron chi connectivity index (χ3n) is 4.62. The van der Waals surface area contributed by atoms with Crippen molar-refractivity contribution in [3.63, 3.8) is 0 Å². The van der Waals surface area contributed by atoms with Crippen molar-refractivity contribution in [1.29, 1.82) is 0 Å². The molecule has 1 saturated carbocycles. The predicted molar refractivity (Wildman–Crippen MR) is 102 cm³/mol. The molecule has 1 aromatic carbocycles. The van der Waals surface area contributed by atoms with Gasteiger partial charge >= 0.3 is 7.82 Å². The lowest BCUT2D eigenvalue weighted by atomic mass is 9.58. The molecule has 1 aliphatic rings. The van der Waals surface area contributed by atoms with E-state index in [9.17, 15) is 0 Å². The Bertz CT molecular complexity index is 546. The third kappa shape index (κ3) is 7.75. The van der Waals surface area contributed by atoms with E-state index in [1.54, 1.807) is 0 Å². The summed E-state index contributed by atoms with van der Waals surface area (Å²) in [7, 11) is -0.188. The van der Waals surface area contributed by atoms with Crippen molar-refractivity contribution < 1.29 is 24.7 Å². The first kappa shape index (κ1) is 24.5. The third-order valence-corrected chi connectivity index (χ3v) is 4.87. The Morgan fingerprint density at radius 2 is 1.60 bits per heavy atom. The fraction of sp³-hybridized carbons (Fsp3) is 0.647. The average molecular weight is 396 g/mol. The highest BCUT2D eigenvalue weighted by atomic mass is 35.5. The topological polar surface area (TPSA) is 113 Å². The monoisotopic (exact) mass is 395 g/mol. The van der Waals surface area contributed by atoms with Gasteiger partial charge in [-0.2, -0.15) is 0 Å². The Hall–Kier alpha value is -0.460. The standard InChI is InChI=1S/C17H26ClN.H3O4P.H2O/c1-13(2)12-16(19(3)4)17(10-5-11-17)14-6-8-15(18)9-7-14;1-5(2,3)4;/h6-9,13,16H,5,10-12H2,1-4H3;(H3,1,2,3,4);1H2. The summed E-state index contributed by atoms with van der Waals surface area (Å²) >= 11 is 6.04. The van der Waals surface area contributed by atoms with Gasteiger partial charge in [-0.1, -0.05) is 44.0 Å². The van der Waals surface area contributed by atoms with E-state index in [-0.39, 0.29) is 5.48 Å². The largest absolute Gasteiger partial charge is 0.466 e. The van der Waals surface area contributed by atoms with Crippen molar-refractivity contribution in [2.45, 2.75) is 51.0 Å². The second-order valence-electron chi connectivity index (χ2n) is 7.14. The number of hydrogen-bond donors (Lipinski definition) is 3. The summed E-state index contributed by atoms with van der Waals surface area (Å²) in [6.45, 7) is 4.65. The second-order valence-corrected chi connectivity index (χ2v) is 8.60. The molecule has 8 heteroatoms. The summed E-state index contributed by atoms with van der Waals surface area (Å²) in [4.78, 5) is 24.0. The minimum atomic E-state index is -4.64. The van der Waals surface area contributed by atoms with Crippen LogP contribution in [0.5, 0.6) is 0 Å². The van der Waals surface area contributed by atoms with Gasteiger partial charge in [-0.15, -0.1) is 0 Å². The maximum atomic E-state index is 8.88. The lowest BCUT2D eigenvalue weighted by molar-refractivity contribution is 0.0808. The summed E-state index contributed by atoms with van der Waals surface area (Å²) in [6.07, 6.45) is 5.23. The van der Waals surface area contributed by atoms with Gasteiger partial charge in [-0.25, -0.2) is 4.57 Å². The van der Waals surface area contributed by atoms with Crippen molar-refractivity contribution in [2.24, 2.45) is 5.92 Å². The number of benzene rings is 1. The van der Waals surface area contributed by atoms with E-state index >= 15 is 0 Å². The van der Waals surface area contributed by atoms with Gasteiger partial charge in [0.1, 0.15) is 0 Å². The number of likely N-dealkylation sites (N-methyl/N-ethyl adjacent to an activating group) is 1. The second kappa shape index (κ2) is 10.0. The molecule has 2 rings (SSSR count). The van der Waals surface area contributed by atoms with Crippen LogP contribution in [-0.4, -0.2) is 45.2 Å². The highest BCUT2D eigenvalue weighted by Crippen LogP contribution is 2.49. The minimum Gasteiger partial charge on any atom is -0.412 e. The number of phosphoric acid groups is 1. The maximum Gasteiger partial charge on any atom is 0.466 e. The van der Waals surface area contributed by atoms with E-state index in [1.807, 2.05) is 12.1 Å². The van der Waals surface area contributed by atoms with Crippen LogP contribution in [0.2, 0.25) is 5.02 Å². The van der Waals surface area contributed by atoms with Crippen LogP contribution in [0.3, 0.4) is 0 Å². The van der Waals surface area contributed by atoms with Crippen LogP contribution in [-0.2, 0) is 9.98 Å². The number of halogens is 1. The summed E-state index contributed by atoms with van der Waals surface area (Å²) in [5.41, 5.74) is 1.82. The Labute approximate surface area is 155 Å². The van der Waals surface area contributed by atoms with Crippen molar-refractivity contribution in [3.05, 3.63) is 34.9 Å². The molecule has 1 fully saturated rings. The molecule has 25 heavy (non-hydrogen) atoms. The molecule has 6 nitrogen and oxygen atoms in total. The molecule has 1 aliphatic carbocycles. The molecule has 0 aliphatic heterocycles. The predicted octanol–water partition coefficient (Wildman–Crippen LogP) is 2.98. The van der Waals surface area contributed by atoms with Crippen LogP contribution in [0, 0.1) is 5.92 Å². The SMILES string of the molecule is CC(C)CC(N(C)C)C1(c2ccc(Cl)cc2)CCC1.O.O=P(O)(O)O. The quantitative estimate of drug-likeness (QED) is 0.663. The molecule has 5 N–H and O–H groups in total. The Balaban J connectivity index is 0.000000848. The van der Waals surface area contributed by atoms with Gasteiger partial charge in [0.05, 0.1) is 0 Å². The smallest absolute Gasteiger partial charge is 0.412 e. The molecule has 146 valence electrons. The Morgan fingerprint density at radius 3 is 1.88 bits per heavy atom. The molecule has 1 aromatic rings. The first-order valence-electron chi connectivity index (χ1n) is 8.16. The molecule has 0 heterocycles. The van der Waals surface area contributed by atoms with Crippen molar-refractivity contribution in [1.82, 2.24) is 4.90 Å². The van der Waals surface area contributed by atoms with Gasteiger partial charge in [0.15, 0.2) is 0 Å². The lowest BCUT2D eigenvalue weighted by Gasteiger charge is -2.51. The zero-order valence-corrected chi connectivity index (χ0v) is 17.0. The molecule has 1 atom stereocenters. The van der Waals surface area contributed by atoms with Crippen LogP contribution in [0.25, 0.3) is 0 Å². The van der Waals surface area contributed by atoms with Crippen molar-refractivity contribution >= 4 is 19.4 Å². The van der Waals surface area contributed by atoms with E-state index in [4.69, 9.17) is 30.8 Å². The van der Waals surface area contributed by atoms with Gasteiger partial charge in [0, 0.05) is 16.5 Å². The van der Waals surface area contributed by atoms with E-state index in [1.165, 1.54) is 31.2 Å². The summed E-state index contributed by atoms with van der Waals surface area (Å²) < 4.78 is 8.88. The molecule has 0 spiro atoms. The lowest BCUT2D eigenvalue weighted by Crippen LogP contribution is -2.52. The van der Waals surface area contributed by atoms with Gasteiger partial charge in [0.25, 0.3) is 0 Å². The van der Waals surface area contributed by atoms with Crippen LogP contribution >= 0.6 is 19.4 Å². The first-order chi connectivity index (χ1) is 11.0. The molecule has 0 bridgehead atoms. The summed E-state index contributed by atoms with van der Waals surface area (Å²) in [6, 6.07) is 9.18. The highest BCUT2D eigenvalue weighted by molar-refractivity contribution is 7.45. The number of nitrogens with zero attached hydrogens (tertiary/aromatic N) is 1. The van der Waals surface area contributed by atoms with Gasteiger partial charge in [0.2, 0.25) is 0 Å². The molecule has 1 unspecified atom stereocenters. The van der Waals surface area contributed by atoms with E-state index in [2.05, 4.69) is 45.0 Å². The van der Waals surface area contributed by atoms with Crippen molar-refractivity contribution in [3.8, 4) is 0 Å². The normalized spacial score (nSPS) is 17.2. The van der Waals surface area contributed by atoms with Crippen LogP contribution < -0.4 is 0 Å². The molecular weight excluding hydrogens is 365 g/mol. The maximum absolute atomic E-state index is 8.88. The van der Waals surface area contributed by atoms with Crippen LogP contribution in [0.4, 0.5) is 0 Å². The summed E-state index contributed by atoms with van der Waals surface area (Å²) in [5, 5.41) is 0.837. The van der Waals surface area contributed by atoms with Crippen molar-refractivity contribution in [2.75, 3.05) is 14.1 Å². The molecule has 0 saturated heterocycles. The molecule has 0 amide bonds. The number of rotatable bonds is 5. The molecular formula is C17H31ClNO5P. The zero-order valence-electron chi connectivity index (χ0n) is 15.3. The zero-order chi connectivity index (χ0) is 18.5. The Kier molecular flexibility index (Phi) is 9.84. The van der Waals surface area contributed by atoms with E-state index < -0.39 is 7.82 Å². The number of hydrogen-bond acceptors (Lipinski definition) is 2. The summed E-state index contributed by atoms with van der Waals surface area (Å²) in [5.74, 6) is 0.733. The highest BCUT2D eigenvalue weighted by Gasteiger charge is 2.46. The van der Waals surface area contributed by atoms with Crippen LogP contribution in [0.15, 0.2) is 24.3 Å². The van der Waals surface area contributed by atoms with Gasteiger partial charge in [-0.05, 0) is 57.0 Å². The molecule has 0 radical (unpaired) electrons. The van der Waals surface area contributed by atoms with Crippen LogP contribution in [0.1, 0.15) is 45.1 Å². The Morgan fingerprint density at radius 1 is 1.16 bits per heavy atom. The van der Waals surface area contributed by atoms with Gasteiger partial charge < -0.3 is 25.1 Å². The first-order valence-corrected chi connectivity index (χ1v) is 10.1. The van der Waals surface area contributed by atoms with Gasteiger partial charge in [-0.3, -0.25) is 0 Å². The fourth-order valence-corrected chi connectivity index (χ4v) is 3.66. The minimum absolute atomic E-state index is 0. The molecule has 0 aromatic heterocycles.